The van der Waals surface area contributed by atoms with E-state index in [9.17, 15) is 9.59 Å². The van der Waals surface area contributed by atoms with Crippen molar-refractivity contribution in [3.8, 4) is 0 Å². The van der Waals surface area contributed by atoms with Crippen molar-refractivity contribution in [3.63, 3.8) is 0 Å². The van der Waals surface area contributed by atoms with Crippen LogP contribution < -0.4 is 0 Å². The molecule has 1 N–H and O–H groups in total. The van der Waals surface area contributed by atoms with Gasteiger partial charge >= 0.3 is 11.9 Å². The highest BCUT2D eigenvalue weighted by atomic mass is 16.5. The third-order valence-corrected chi connectivity index (χ3v) is 3.00. The number of unbranched alkanes of at least 4 members (excludes halogenated alkanes) is 1. The summed E-state index contributed by atoms with van der Waals surface area (Å²) in [5, 5.41) is 8.60. The average Bonchev–Trinajstić information content (AvgIpc) is 2.30. The Bertz CT molecular complexity index is 250. The number of rotatable bonds is 10. The third kappa shape index (κ3) is 9.02. The molecule has 2 atom stereocenters. The molecule has 0 aromatic heterocycles. The van der Waals surface area contributed by atoms with Gasteiger partial charge in [0.15, 0.2) is 0 Å². The first-order valence-electron chi connectivity index (χ1n) is 6.85. The molecule has 0 aromatic rings. The fourth-order valence-electron chi connectivity index (χ4n) is 1.78. The maximum atomic E-state index is 11.6. The van der Waals surface area contributed by atoms with Crippen LogP contribution in [0.15, 0.2) is 0 Å². The van der Waals surface area contributed by atoms with Crippen LogP contribution in [0.5, 0.6) is 0 Å². The maximum Gasteiger partial charge on any atom is 0.308 e. The molecule has 18 heavy (non-hydrogen) atoms. The smallest absolute Gasteiger partial charge is 0.308 e. The van der Waals surface area contributed by atoms with Gasteiger partial charge in [-0.15, -0.1) is 0 Å². The van der Waals surface area contributed by atoms with Crippen LogP contribution in [0.4, 0.5) is 0 Å². The predicted molar refractivity (Wildman–Crippen MR) is 70.3 cm³/mol. The summed E-state index contributed by atoms with van der Waals surface area (Å²) in [5.74, 6) is -0.790. The van der Waals surface area contributed by atoms with Crippen molar-refractivity contribution in [2.24, 2.45) is 11.8 Å². The highest BCUT2D eigenvalue weighted by Gasteiger charge is 2.13. The molecule has 0 aliphatic carbocycles. The average molecular weight is 258 g/mol. The predicted octanol–water partition coefficient (Wildman–Crippen LogP) is 3.25. The molecule has 0 spiro atoms. The molecule has 0 saturated carbocycles. The lowest BCUT2D eigenvalue weighted by Gasteiger charge is -2.12. The lowest BCUT2D eigenvalue weighted by molar-refractivity contribution is -0.148. The molecular formula is C14H26O4. The van der Waals surface area contributed by atoms with E-state index in [-0.39, 0.29) is 24.2 Å². The second kappa shape index (κ2) is 9.92. The number of esters is 1. The van der Waals surface area contributed by atoms with Gasteiger partial charge in [0, 0.05) is 6.42 Å². The molecule has 0 saturated heterocycles. The van der Waals surface area contributed by atoms with Crippen molar-refractivity contribution >= 4 is 11.9 Å². The quantitative estimate of drug-likeness (QED) is 0.482. The largest absolute Gasteiger partial charge is 0.481 e. The van der Waals surface area contributed by atoms with E-state index in [0.717, 1.165) is 32.1 Å². The Labute approximate surface area is 110 Å². The lowest BCUT2D eigenvalue weighted by atomic mass is 10.0. The molecule has 0 radical (unpaired) electrons. The lowest BCUT2D eigenvalue weighted by Crippen LogP contribution is -2.16. The molecule has 0 aliphatic heterocycles. The Hall–Kier alpha value is -1.06. The molecule has 0 bridgehead atoms. The summed E-state index contributed by atoms with van der Waals surface area (Å²) in [6.45, 7) is 6.30. The zero-order valence-corrected chi connectivity index (χ0v) is 11.8. The fraction of sp³-hybridized carbons (Fsp3) is 0.857. The summed E-state index contributed by atoms with van der Waals surface area (Å²) in [7, 11) is 0. The molecule has 0 rings (SSSR count). The third-order valence-electron chi connectivity index (χ3n) is 3.00. The van der Waals surface area contributed by atoms with Crippen LogP contribution in [-0.2, 0) is 14.3 Å². The Morgan fingerprint density at radius 3 is 2.39 bits per heavy atom. The van der Waals surface area contributed by atoms with Crippen molar-refractivity contribution < 1.29 is 19.4 Å². The van der Waals surface area contributed by atoms with E-state index in [1.54, 1.807) is 0 Å². The van der Waals surface area contributed by atoms with Gasteiger partial charge in [0.2, 0.25) is 0 Å². The molecule has 0 aliphatic rings. The van der Waals surface area contributed by atoms with Gasteiger partial charge in [0.1, 0.15) is 0 Å². The minimum Gasteiger partial charge on any atom is -0.481 e. The molecule has 0 heterocycles. The van der Waals surface area contributed by atoms with Gasteiger partial charge in [-0.2, -0.15) is 0 Å². The second-order valence-electron chi connectivity index (χ2n) is 5.06. The summed E-state index contributed by atoms with van der Waals surface area (Å²) in [6.07, 6.45) is 4.71. The number of hydrogen-bond acceptors (Lipinski definition) is 3. The summed E-state index contributed by atoms with van der Waals surface area (Å²) in [6, 6.07) is 0. The van der Waals surface area contributed by atoms with Gasteiger partial charge in [-0.25, -0.2) is 0 Å². The van der Waals surface area contributed by atoms with Crippen molar-refractivity contribution in [2.45, 2.75) is 59.3 Å². The number of carbonyl (C=O) groups excluding carboxylic acids is 1. The van der Waals surface area contributed by atoms with Gasteiger partial charge in [-0.1, -0.05) is 33.6 Å². The van der Waals surface area contributed by atoms with Crippen molar-refractivity contribution in [2.75, 3.05) is 6.61 Å². The van der Waals surface area contributed by atoms with E-state index in [1.807, 2.05) is 13.8 Å². The number of carboxylic acid groups (broad SMARTS) is 1. The minimum atomic E-state index is -0.771. The van der Waals surface area contributed by atoms with Gasteiger partial charge in [-0.05, 0) is 25.2 Å². The first-order valence-corrected chi connectivity index (χ1v) is 6.85. The summed E-state index contributed by atoms with van der Waals surface area (Å²) in [5.41, 5.74) is 0. The first kappa shape index (κ1) is 16.9. The van der Waals surface area contributed by atoms with Crippen LogP contribution in [0, 0.1) is 11.8 Å². The zero-order chi connectivity index (χ0) is 14.0. The Morgan fingerprint density at radius 1 is 1.17 bits per heavy atom. The van der Waals surface area contributed by atoms with Gasteiger partial charge in [-0.3, -0.25) is 9.59 Å². The van der Waals surface area contributed by atoms with Gasteiger partial charge in [0.05, 0.1) is 12.5 Å². The molecular weight excluding hydrogens is 232 g/mol. The first-order chi connectivity index (χ1) is 8.47. The highest BCUT2D eigenvalue weighted by molar-refractivity contribution is 5.71. The SMILES string of the molecule is CCCCC(C)C(=O)OCCCC(C)CC(=O)O. The van der Waals surface area contributed by atoms with Crippen LogP contribution in [-0.4, -0.2) is 23.7 Å². The molecule has 0 fully saturated rings. The normalized spacial score (nSPS) is 13.9. The fourth-order valence-corrected chi connectivity index (χ4v) is 1.78. The molecule has 2 unspecified atom stereocenters. The van der Waals surface area contributed by atoms with Crippen LogP contribution in [0.2, 0.25) is 0 Å². The summed E-state index contributed by atoms with van der Waals surface area (Å²) in [4.78, 5) is 22.0. The second-order valence-corrected chi connectivity index (χ2v) is 5.06. The summed E-state index contributed by atoms with van der Waals surface area (Å²) >= 11 is 0. The number of carbonyl (C=O) groups is 2. The molecule has 0 aromatic carbocycles. The van der Waals surface area contributed by atoms with Gasteiger partial charge in [0.25, 0.3) is 0 Å². The number of carboxylic acids is 1. The monoisotopic (exact) mass is 258 g/mol. The zero-order valence-electron chi connectivity index (χ0n) is 11.8. The topological polar surface area (TPSA) is 63.6 Å². The molecule has 4 heteroatoms. The van der Waals surface area contributed by atoms with E-state index in [1.165, 1.54) is 0 Å². The Kier molecular flexibility index (Phi) is 9.33. The van der Waals surface area contributed by atoms with Crippen molar-refractivity contribution in [3.05, 3.63) is 0 Å². The van der Waals surface area contributed by atoms with E-state index in [2.05, 4.69) is 6.92 Å². The van der Waals surface area contributed by atoms with Crippen molar-refractivity contribution in [1.82, 2.24) is 0 Å². The Morgan fingerprint density at radius 2 is 1.83 bits per heavy atom. The van der Waals surface area contributed by atoms with E-state index >= 15 is 0 Å². The van der Waals surface area contributed by atoms with E-state index < -0.39 is 5.97 Å². The van der Waals surface area contributed by atoms with Gasteiger partial charge < -0.3 is 9.84 Å². The minimum absolute atomic E-state index is 0.0265. The number of hydrogen-bond donors (Lipinski definition) is 1. The van der Waals surface area contributed by atoms with Crippen LogP contribution in [0.25, 0.3) is 0 Å². The van der Waals surface area contributed by atoms with E-state index in [4.69, 9.17) is 9.84 Å². The molecule has 0 amide bonds. The van der Waals surface area contributed by atoms with E-state index in [0.29, 0.717) is 6.61 Å². The maximum absolute atomic E-state index is 11.6. The molecule has 4 nitrogen and oxygen atoms in total. The van der Waals surface area contributed by atoms with Crippen LogP contribution in [0.3, 0.4) is 0 Å². The number of ether oxygens (including phenoxy) is 1. The molecule has 106 valence electrons. The standard InChI is InChI=1S/C14H26O4/c1-4-5-8-12(3)14(17)18-9-6-7-11(2)10-13(15)16/h11-12H,4-10H2,1-3H3,(H,15,16). The highest BCUT2D eigenvalue weighted by Crippen LogP contribution is 2.12. The summed E-state index contributed by atoms with van der Waals surface area (Å²) < 4.78 is 5.17. The van der Waals surface area contributed by atoms with Crippen LogP contribution >= 0.6 is 0 Å². The van der Waals surface area contributed by atoms with Crippen LogP contribution in [0.1, 0.15) is 59.3 Å². The Balaban J connectivity index is 3.59. The number of aliphatic carboxylic acids is 1. The van der Waals surface area contributed by atoms with Crippen molar-refractivity contribution in [1.29, 1.82) is 0 Å².